The summed E-state index contributed by atoms with van der Waals surface area (Å²) < 4.78 is 69.2. The van der Waals surface area contributed by atoms with E-state index in [1.54, 1.807) is 52.0 Å². The predicted molar refractivity (Wildman–Crippen MR) is 329 cm³/mol. The number of rotatable bonds is 13. The molecule has 2 amide bonds. The number of aliphatic hydroxyl groups is 2. The number of nitrogen functional groups attached to an aromatic ring is 1. The van der Waals surface area contributed by atoms with Gasteiger partial charge in [0.05, 0.1) is 30.3 Å². The van der Waals surface area contributed by atoms with Crippen LogP contribution in [-0.2, 0) is 105 Å². The summed E-state index contributed by atoms with van der Waals surface area (Å²) in [5, 5.41) is 29.1. The molecule has 82 heavy (non-hydrogen) atoms. The van der Waals surface area contributed by atoms with Crippen LogP contribution in [0.4, 0.5) is 21.0 Å². The number of thiazole rings is 2. The number of halogens is 1. The molecule has 4 aromatic heterocycles. The van der Waals surface area contributed by atoms with E-state index in [1.807, 2.05) is 6.07 Å². The van der Waals surface area contributed by atoms with Gasteiger partial charge in [-0.2, -0.15) is 0 Å². The molecule has 26 heteroatoms. The third-order valence-corrected chi connectivity index (χ3v) is 30.8. The monoisotopic (exact) mass is 1260 g/mol. The highest BCUT2D eigenvalue weighted by Gasteiger charge is 2.40. The summed E-state index contributed by atoms with van der Waals surface area (Å²) in [6.07, 6.45) is 12.4. The van der Waals surface area contributed by atoms with E-state index in [4.69, 9.17) is 41.3 Å². The number of amides is 2. The first-order chi connectivity index (χ1) is 37.7. The van der Waals surface area contributed by atoms with Crippen molar-refractivity contribution in [1.82, 2.24) is 24.7 Å². The first kappa shape index (κ1) is 66.9. The first-order valence-electron chi connectivity index (χ1n) is 27.5. The van der Waals surface area contributed by atoms with Gasteiger partial charge in [-0.1, -0.05) is 59.7 Å². The van der Waals surface area contributed by atoms with Crippen LogP contribution in [0.2, 0.25) is 36.3 Å². The number of hydrogen-bond acceptors (Lipinski definition) is 18. The quantitative estimate of drug-likeness (QED) is 0.0472. The molecule has 0 spiro atoms. The van der Waals surface area contributed by atoms with Crippen molar-refractivity contribution >= 4 is 93.8 Å². The number of nitrogens with two attached hydrogens (primary N) is 2. The van der Waals surface area contributed by atoms with Crippen molar-refractivity contribution in [3.63, 3.8) is 0 Å². The van der Waals surface area contributed by atoms with Crippen LogP contribution in [0.15, 0.2) is 38.8 Å². The molecule has 8 N–H and O–H groups in total. The van der Waals surface area contributed by atoms with Gasteiger partial charge in [-0.25, -0.2) is 46.3 Å². The van der Waals surface area contributed by atoms with Gasteiger partial charge in [-0.15, -0.1) is 22.7 Å². The number of benzene rings is 1. The maximum absolute atomic E-state index is 13.4. The Kier molecular flexibility index (Phi) is 21.0. The van der Waals surface area contributed by atoms with Crippen LogP contribution in [0.1, 0.15) is 161 Å². The van der Waals surface area contributed by atoms with Crippen LogP contribution >= 0.6 is 34.3 Å². The molecular weight excluding hydrogens is 1180 g/mol. The molecule has 0 saturated heterocycles. The van der Waals surface area contributed by atoms with Crippen molar-refractivity contribution in [2.24, 2.45) is 5.14 Å². The molecule has 1 aromatic carbocycles. The number of fused-ring (bicyclic) bond motifs is 4. The standard InChI is InChI=1S/C25H38N4O5S2Si.C13H26N2O4S2Si.C11H14N2.C7H5ClO2/c1-24(2,3)37(6,7)34-14-19-21(35-22(27-19)25(4,5)31)36(32,33)29-23(30)28-20-15-10-8-12-17(15)26-18-13-9-11-16(18)20;1-12(2,3)22(6,7)19-8-9-10(21(14,17)18)20-11(15-9)13(4,5)16;12-11-7-3-1-5-9(7)13-10-6-2-4-8(10)11;8-7(9)10-6-4-2-1-3-5-6/h31H,8-14H2,1-7H3,(H2,26,28,29,30);16H,8H2,1-7H3,(H2,14,17,18);1-6H2,(H2,12,13);1-5H. The van der Waals surface area contributed by atoms with E-state index in [1.165, 1.54) is 35.4 Å². The lowest BCUT2D eigenvalue weighted by molar-refractivity contribution is 0.0773. The molecule has 0 unspecified atom stereocenters. The number of hydrogen-bond donors (Lipinski definition) is 6. The maximum atomic E-state index is 13.4. The number of pyridine rings is 2. The molecule has 0 radical (unpaired) electrons. The van der Waals surface area contributed by atoms with E-state index >= 15 is 0 Å². The predicted octanol–water partition coefficient (Wildman–Crippen LogP) is 11.4. The Morgan fingerprint density at radius 1 is 0.622 bits per heavy atom. The molecular formula is C56H83ClN8O11S4Si2. The number of aromatic nitrogens is 4. The van der Waals surface area contributed by atoms with Crippen LogP contribution < -0.4 is 25.6 Å². The minimum Gasteiger partial charge on any atom is -0.415 e. The van der Waals surface area contributed by atoms with E-state index in [0.29, 0.717) is 16.4 Å². The molecule has 4 aliphatic rings. The van der Waals surface area contributed by atoms with Crippen molar-refractivity contribution in [2.75, 3.05) is 11.1 Å². The molecule has 0 fully saturated rings. The number of aryl methyl sites for hydroxylation is 4. The fourth-order valence-corrected chi connectivity index (χ4v) is 15.3. The van der Waals surface area contributed by atoms with Crippen LogP contribution in [0.5, 0.6) is 5.75 Å². The Hall–Kier alpha value is -4.26. The minimum absolute atomic E-state index is 0.00382. The Bertz CT molecular complexity index is 3300. The Balaban J connectivity index is 0.000000200. The summed E-state index contributed by atoms with van der Waals surface area (Å²) in [5.74, 6) is 0.461. The highest BCUT2D eigenvalue weighted by Crippen LogP contribution is 2.42. The zero-order valence-corrected chi connectivity index (χ0v) is 55.8. The average molecular weight is 1260 g/mol. The van der Waals surface area contributed by atoms with Crippen LogP contribution in [0, 0.1) is 0 Å². The number of carbonyl (C=O) groups is 2. The molecule has 19 nitrogen and oxygen atoms in total. The number of nitrogens with one attached hydrogen (secondary N) is 2. The lowest BCUT2D eigenvalue weighted by atomic mass is 10.1. The van der Waals surface area contributed by atoms with Crippen molar-refractivity contribution in [3.8, 4) is 5.75 Å². The van der Waals surface area contributed by atoms with Gasteiger partial charge in [0.2, 0.25) is 10.0 Å². The van der Waals surface area contributed by atoms with Gasteiger partial charge < -0.3 is 34.9 Å². The molecule has 0 bridgehead atoms. The number of urea groups is 1. The van der Waals surface area contributed by atoms with E-state index in [2.05, 4.69) is 92.5 Å². The summed E-state index contributed by atoms with van der Waals surface area (Å²) in [6.45, 7) is 27.1. The lowest BCUT2D eigenvalue weighted by Gasteiger charge is -2.36. The summed E-state index contributed by atoms with van der Waals surface area (Å²) >= 11 is 6.70. The summed E-state index contributed by atoms with van der Waals surface area (Å²) in [4.78, 5) is 41.4. The Labute approximate surface area is 499 Å². The summed E-state index contributed by atoms with van der Waals surface area (Å²) in [6, 6.07) is 7.83. The van der Waals surface area contributed by atoms with Gasteiger partial charge in [0.25, 0.3) is 10.0 Å². The van der Waals surface area contributed by atoms with Gasteiger partial charge in [-0.3, -0.25) is 9.97 Å². The minimum atomic E-state index is -4.28. The number of primary sulfonamides is 1. The fraction of sp³-hybridized carbons (Fsp3) is 0.571. The second-order valence-electron chi connectivity index (χ2n) is 25.1. The van der Waals surface area contributed by atoms with E-state index < -0.39 is 59.3 Å². The van der Waals surface area contributed by atoms with E-state index in [0.717, 1.165) is 115 Å². The van der Waals surface area contributed by atoms with Crippen molar-refractivity contribution in [1.29, 1.82) is 0 Å². The zero-order chi connectivity index (χ0) is 61.2. The van der Waals surface area contributed by atoms with Gasteiger partial charge in [-0.05, 0) is 175 Å². The zero-order valence-electron chi connectivity index (χ0n) is 49.8. The van der Waals surface area contributed by atoms with Crippen LogP contribution in [0.3, 0.4) is 0 Å². The van der Waals surface area contributed by atoms with E-state index in [-0.39, 0.29) is 48.1 Å². The molecule has 5 aromatic rings. The van der Waals surface area contributed by atoms with Gasteiger partial charge in [0.1, 0.15) is 27.0 Å². The SMILES string of the molecule is CC(C)(O)c1nc(CO[Si](C)(C)C(C)(C)C)c(S(=O)(=O)NC(=O)Nc2c3c(nc4c2CCC4)CCC3)s1.CC(C)(O)c1nc(CO[Si](C)(C)C(C)(C)C)c(S(N)(=O)=O)s1.Nc1c2c(nc3c1CCC3)CCC2.O=C(Cl)Oc1ccccc1. The summed E-state index contributed by atoms with van der Waals surface area (Å²) in [7, 11) is -12.4. The third kappa shape index (κ3) is 16.8. The smallest absolute Gasteiger partial charge is 0.409 e. The second kappa shape index (κ2) is 25.8. The lowest BCUT2D eigenvalue weighted by Crippen LogP contribution is -2.40. The number of anilines is 2. The molecule has 4 heterocycles. The van der Waals surface area contributed by atoms with Crippen LogP contribution in [-0.4, -0.2) is 75.1 Å². The molecule has 9 rings (SSSR count). The number of ether oxygens (including phenoxy) is 1. The van der Waals surface area contributed by atoms with E-state index in [9.17, 15) is 36.6 Å². The molecule has 0 atom stereocenters. The van der Waals surface area contributed by atoms with Crippen molar-refractivity contribution in [2.45, 2.75) is 215 Å². The molecule has 4 aliphatic carbocycles. The van der Waals surface area contributed by atoms with Crippen LogP contribution in [0.25, 0.3) is 0 Å². The van der Waals surface area contributed by atoms with Gasteiger partial charge in [0, 0.05) is 40.1 Å². The topological polar surface area (TPSA) is 298 Å². The molecule has 0 saturated carbocycles. The number of para-hydroxylation sites is 1. The highest BCUT2D eigenvalue weighted by atomic mass is 35.5. The highest BCUT2D eigenvalue weighted by molar-refractivity contribution is 7.92. The first-order valence-corrected chi connectivity index (χ1v) is 38.4. The van der Waals surface area contributed by atoms with Gasteiger partial charge in [0.15, 0.2) is 25.1 Å². The number of sulfonamides is 2. The van der Waals surface area contributed by atoms with Crippen molar-refractivity contribution in [3.05, 3.63) is 96.8 Å². The average Bonchev–Trinajstić information content (AvgIpc) is 4.39. The number of carbonyl (C=O) groups excluding carboxylic acids is 2. The van der Waals surface area contributed by atoms with Gasteiger partial charge >= 0.3 is 11.5 Å². The normalized spacial score (nSPS) is 15.1. The Morgan fingerprint density at radius 3 is 1.38 bits per heavy atom. The Morgan fingerprint density at radius 2 is 1.00 bits per heavy atom. The van der Waals surface area contributed by atoms with Crippen molar-refractivity contribution < 1.29 is 50.2 Å². The second-order valence-corrected chi connectivity index (χ2v) is 40.7. The maximum Gasteiger partial charge on any atom is 0.409 e. The fourth-order valence-electron chi connectivity index (χ4n) is 9.00. The third-order valence-electron chi connectivity index (χ3n) is 15.6. The molecule has 452 valence electrons. The summed E-state index contributed by atoms with van der Waals surface area (Å²) in [5.41, 5.74) is 14.4. The molecule has 0 aliphatic heterocycles. The largest absolute Gasteiger partial charge is 0.415 e. The number of nitrogens with zero attached hydrogens (tertiary/aromatic N) is 4.